The molecule has 2 N–H and O–H groups in total. The molecule has 0 aliphatic carbocycles. The second-order valence-electron chi connectivity index (χ2n) is 4.38. The van der Waals surface area contributed by atoms with Gasteiger partial charge in [-0.15, -0.1) is 11.8 Å². The number of carbonyl (C=O) groups is 2. The third-order valence-electron chi connectivity index (χ3n) is 2.48. The zero-order valence-corrected chi connectivity index (χ0v) is 10.3. The summed E-state index contributed by atoms with van der Waals surface area (Å²) in [7, 11) is 0. The van der Waals surface area contributed by atoms with Gasteiger partial charge in [0.2, 0.25) is 11.8 Å². The molecule has 1 aliphatic rings. The van der Waals surface area contributed by atoms with E-state index < -0.39 is 0 Å². The van der Waals surface area contributed by atoms with Crippen LogP contribution in [0.4, 0.5) is 0 Å². The molecule has 0 saturated carbocycles. The van der Waals surface area contributed by atoms with Gasteiger partial charge in [-0.2, -0.15) is 0 Å². The molecule has 4 nitrogen and oxygen atoms in total. The molecule has 0 bridgehead atoms. The fourth-order valence-electron chi connectivity index (χ4n) is 1.70. The van der Waals surface area contributed by atoms with Crippen molar-refractivity contribution in [1.82, 2.24) is 4.90 Å². The maximum absolute atomic E-state index is 11.8. The predicted octanol–water partition coefficient (Wildman–Crippen LogP) is 0.604. The lowest BCUT2D eigenvalue weighted by Crippen LogP contribution is -2.39. The number of hydrogen-bond acceptors (Lipinski definition) is 3. The van der Waals surface area contributed by atoms with Crippen LogP contribution in [0.2, 0.25) is 0 Å². The Bertz CT molecular complexity index is 279. The Morgan fingerprint density at radius 3 is 2.73 bits per heavy atom. The Labute approximate surface area is 94.6 Å². The first-order valence-corrected chi connectivity index (χ1v) is 5.98. The number of thioether (sulfide) groups is 1. The van der Waals surface area contributed by atoms with E-state index in [1.165, 1.54) is 11.8 Å². The number of carbonyl (C=O) groups excluding carboxylic acids is 2. The number of primary amides is 1. The van der Waals surface area contributed by atoms with Crippen molar-refractivity contribution in [3.63, 3.8) is 0 Å². The first kappa shape index (κ1) is 12.4. The zero-order chi connectivity index (χ0) is 11.6. The lowest BCUT2D eigenvalue weighted by Gasteiger charge is -2.22. The van der Waals surface area contributed by atoms with E-state index in [0.29, 0.717) is 19.5 Å². The summed E-state index contributed by atoms with van der Waals surface area (Å²) in [5, 5.41) is -0.286. The highest BCUT2D eigenvalue weighted by molar-refractivity contribution is 8.02. The molecule has 1 unspecified atom stereocenters. The summed E-state index contributed by atoms with van der Waals surface area (Å²) in [5.41, 5.74) is 5.32. The monoisotopic (exact) mass is 230 g/mol. The highest BCUT2D eigenvalue weighted by atomic mass is 32.2. The second-order valence-corrected chi connectivity index (χ2v) is 6.29. The van der Waals surface area contributed by atoms with E-state index in [4.69, 9.17) is 5.73 Å². The molecule has 1 atom stereocenters. The van der Waals surface area contributed by atoms with Gasteiger partial charge in [0.15, 0.2) is 0 Å². The van der Waals surface area contributed by atoms with E-state index in [2.05, 4.69) is 0 Å². The van der Waals surface area contributed by atoms with Crippen LogP contribution in [0.5, 0.6) is 0 Å². The molecule has 15 heavy (non-hydrogen) atoms. The Kier molecular flexibility index (Phi) is 3.65. The van der Waals surface area contributed by atoms with Gasteiger partial charge < -0.3 is 10.6 Å². The number of amides is 2. The standard InChI is InChI=1S/C10H18N2O2S/c1-4-12-6-7(9(11)14)15-10(2,3)5-8(12)13/h7H,4-6H2,1-3H3,(H2,11,14). The smallest absolute Gasteiger partial charge is 0.232 e. The van der Waals surface area contributed by atoms with Gasteiger partial charge in [0.05, 0.1) is 0 Å². The lowest BCUT2D eigenvalue weighted by molar-refractivity contribution is -0.131. The van der Waals surface area contributed by atoms with Crippen molar-refractivity contribution in [1.29, 1.82) is 0 Å². The maximum atomic E-state index is 11.8. The molecule has 0 radical (unpaired) electrons. The molecule has 0 aromatic rings. The minimum Gasteiger partial charge on any atom is -0.369 e. The van der Waals surface area contributed by atoms with Crippen molar-refractivity contribution >= 4 is 23.6 Å². The Hall–Kier alpha value is -0.710. The van der Waals surface area contributed by atoms with E-state index in [0.717, 1.165) is 0 Å². The molecule has 1 rings (SSSR count). The zero-order valence-electron chi connectivity index (χ0n) is 9.45. The van der Waals surface area contributed by atoms with Crippen LogP contribution in [0, 0.1) is 0 Å². The first-order valence-electron chi connectivity index (χ1n) is 5.10. The van der Waals surface area contributed by atoms with Crippen LogP contribution in [0.15, 0.2) is 0 Å². The van der Waals surface area contributed by atoms with Crippen LogP contribution in [0.25, 0.3) is 0 Å². The van der Waals surface area contributed by atoms with Gasteiger partial charge in [-0.05, 0) is 6.92 Å². The van der Waals surface area contributed by atoms with Crippen LogP contribution in [-0.2, 0) is 9.59 Å². The van der Waals surface area contributed by atoms with Gasteiger partial charge >= 0.3 is 0 Å². The van der Waals surface area contributed by atoms with Crippen molar-refractivity contribution in [2.75, 3.05) is 13.1 Å². The number of hydrogen-bond donors (Lipinski definition) is 1. The molecular weight excluding hydrogens is 212 g/mol. The molecule has 86 valence electrons. The highest BCUT2D eigenvalue weighted by Crippen LogP contribution is 2.35. The van der Waals surface area contributed by atoms with Crippen LogP contribution in [-0.4, -0.2) is 39.8 Å². The normalized spacial score (nSPS) is 26.2. The Balaban J connectivity index is 2.87. The van der Waals surface area contributed by atoms with Crippen LogP contribution in [0.1, 0.15) is 27.2 Å². The maximum Gasteiger partial charge on any atom is 0.232 e. The van der Waals surface area contributed by atoms with Crippen molar-refractivity contribution in [2.45, 2.75) is 37.2 Å². The molecule has 0 spiro atoms. The minimum atomic E-state index is -0.332. The molecule has 1 aliphatic heterocycles. The van der Waals surface area contributed by atoms with E-state index in [1.807, 2.05) is 20.8 Å². The van der Waals surface area contributed by atoms with E-state index >= 15 is 0 Å². The van der Waals surface area contributed by atoms with Crippen LogP contribution >= 0.6 is 11.8 Å². The quantitative estimate of drug-likeness (QED) is 0.755. The predicted molar refractivity (Wildman–Crippen MR) is 61.5 cm³/mol. The number of rotatable bonds is 2. The fourth-order valence-corrected chi connectivity index (χ4v) is 3.04. The summed E-state index contributed by atoms with van der Waals surface area (Å²) in [5.74, 6) is -0.222. The summed E-state index contributed by atoms with van der Waals surface area (Å²) in [6.45, 7) is 6.95. The summed E-state index contributed by atoms with van der Waals surface area (Å²) in [6, 6.07) is 0. The van der Waals surface area contributed by atoms with Crippen molar-refractivity contribution < 1.29 is 9.59 Å². The molecular formula is C10H18N2O2S. The van der Waals surface area contributed by atoms with Gasteiger partial charge in [-0.25, -0.2) is 0 Å². The minimum absolute atomic E-state index is 0.110. The lowest BCUT2D eigenvalue weighted by atomic mass is 10.1. The van der Waals surface area contributed by atoms with Crippen molar-refractivity contribution in [2.24, 2.45) is 5.73 Å². The summed E-state index contributed by atoms with van der Waals surface area (Å²) < 4.78 is -0.208. The SMILES string of the molecule is CCN1CC(C(N)=O)SC(C)(C)CC1=O. The molecule has 0 aromatic heterocycles. The average Bonchev–Trinajstić information content (AvgIpc) is 2.20. The second kappa shape index (κ2) is 4.43. The fraction of sp³-hybridized carbons (Fsp3) is 0.800. The summed E-state index contributed by atoms with van der Waals surface area (Å²) in [4.78, 5) is 24.7. The van der Waals surface area contributed by atoms with E-state index in [1.54, 1.807) is 4.90 Å². The Morgan fingerprint density at radius 2 is 2.27 bits per heavy atom. The molecule has 1 fully saturated rings. The molecule has 5 heteroatoms. The van der Waals surface area contributed by atoms with Gasteiger partial charge in [0.1, 0.15) is 5.25 Å². The molecule has 0 aromatic carbocycles. The van der Waals surface area contributed by atoms with Crippen molar-refractivity contribution in [3.8, 4) is 0 Å². The van der Waals surface area contributed by atoms with E-state index in [9.17, 15) is 9.59 Å². The average molecular weight is 230 g/mol. The Morgan fingerprint density at radius 1 is 1.67 bits per heavy atom. The van der Waals surface area contributed by atoms with Gasteiger partial charge in [0.25, 0.3) is 0 Å². The van der Waals surface area contributed by atoms with Gasteiger partial charge in [0, 0.05) is 24.3 Å². The van der Waals surface area contributed by atoms with Gasteiger partial charge in [-0.3, -0.25) is 9.59 Å². The van der Waals surface area contributed by atoms with Crippen molar-refractivity contribution in [3.05, 3.63) is 0 Å². The number of nitrogens with two attached hydrogens (primary N) is 1. The van der Waals surface area contributed by atoms with Crippen LogP contribution in [0.3, 0.4) is 0 Å². The third kappa shape index (κ3) is 3.12. The summed E-state index contributed by atoms with van der Waals surface area (Å²) >= 11 is 1.50. The molecule has 1 heterocycles. The topological polar surface area (TPSA) is 63.4 Å². The largest absolute Gasteiger partial charge is 0.369 e. The highest BCUT2D eigenvalue weighted by Gasteiger charge is 2.36. The first-order chi connectivity index (χ1) is 6.85. The molecule has 2 amide bonds. The third-order valence-corrected chi connectivity index (χ3v) is 3.92. The number of nitrogens with zero attached hydrogens (tertiary/aromatic N) is 1. The summed E-state index contributed by atoms with van der Waals surface area (Å²) in [6.07, 6.45) is 0.468. The van der Waals surface area contributed by atoms with Crippen LogP contribution < -0.4 is 5.73 Å². The van der Waals surface area contributed by atoms with E-state index in [-0.39, 0.29) is 21.8 Å². The van der Waals surface area contributed by atoms with Gasteiger partial charge in [-0.1, -0.05) is 13.8 Å². The molecule has 1 saturated heterocycles.